The average molecular weight is 509 g/mol. The summed E-state index contributed by atoms with van der Waals surface area (Å²) in [5.74, 6) is 2.50. The molecule has 1 amide bonds. The van der Waals surface area contributed by atoms with E-state index in [1.807, 2.05) is 48.5 Å². The summed E-state index contributed by atoms with van der Waals surface area (Å²) in [6.45, 7) is 1.43. The minimum atomic E-state index is -0.763. The summed E-state index contributed by atoms with van der Waals surface area (Å²) >= 11 is 8.21. The Balaban J connectivity index is 1.48. The maximum atomic E-state index is 12.4. The Morgan fingerprint density at radius 1 is 1.00 bits per heavy atom. The highest BCUT2D eigenvalue weighted by atomic mass is 35.5. The van der Waals surface area contributed by atoms with Gasteiger partial charge in [-0.25, -0.2) is 0 Å². The van der Waals surface area contributed by atoms with Crippen LogP contribution in [0.25, 0.3) is 10.1 Å². The van der Waals surface area contributed by atoms with Crippen molar-refractivity contribution in [1.82, 2.24) is 5.01 Å². The molecule has 1 aliphatic rings. The van der Waals surface area contributed by atoms with Gasteiger partial charge in [-0.3, -0.25) is 4.79 Å². The van der Waals surface area contributed by atoms with E-state index < -0.39 is 6.23 Å². The number of hydrogen-bond donors (Lipinski definition) is 0. The molecule has 1 atom stereocenters. The third kappa shape index (κ3) is 4.38. The van der Waals surface area contributed by atoms with Crippen LogP contribution in [0.5, 0.6) is 23.0 Å². The van der Waals surface area contributed by atoms with Crippen molar-refractivity contribution in [2.24, 2.45) is 5.10 Å². The lowest BCUT2D eigenvalue weighted by molar-refractivity contribution is -0.135. The van der Waals surface area contributed by atoms with Gasteiger partial charge < -0.3 is 18.9 Å². The Morgan fingerprint density at radius 3 is 2.49 bits per heavy atom. The van der Waals surface area contributed by atoms with E-state index in [1.165, 1.54) is 23.3 Å². The number of methoxy groups -OCH3 is 2. The maximum absolute atomic E-state index is 12.4. The van der Waals surface area contributed by atoms with Gasteiger partial charge in [-0.15, -0.1) is 16.4 Å². The van der Waals surface area contributed by atoms with Crippen molar-refractivity contribution in [3.05, 3.63) is 82.2 Å². The van der Waals surface area contributed by atoms with Crippen molar-refractivity contribution >= 4 is 44.8 Å². The number of fused-ring (bicyclic) bond motifs is 1. The topological polar surface area (TPSA) is 69.6 Å². The summed E-state index contributed by atoms with van der Waals surface area (Å²) in [5.41, 5.74) is 0.687. The molecular weight excluding hydrogens is 488 g/mol. The number of rotatable bonds is 6. The molecular formula is C26H21ClN2O5S. The average Bonchev–Trinajstić information content (AvgIpc) is 3.46. The summed E-state index contributed by atoms with van der Waals surface area (Å²) in [6, 6.07) is 20.6. The number of halogens is 1. The number of para-hydroxylation sites is 1. The van der Waals surface area contributed by atoms with Crippen LogP contribution < -0.4 is 14.2 Å². The highest BCUT2D eigenvalue weighted by Crippen LogP contribution is 2.42. The molecule has 1 aromatic heterocycles. The van der Waals surface area contributed by atoms with Crippen molar-refractivity contribution in [2.45, 2.75) is 13.2 Å². The Morgan fingerprint density at radius 2 is 1.77 bits per heavy atom. The normalized spacial score (nSPS) is 15.0. The predicted molar refractivity (Wildman–Crippen MR) is 136 cm³/mol. The molecule has 0 radical (unpaired) electrons. The van der Waals surface area contributed by atoms with Crippen LogP contribution in [0.4, 0.5) is 0 Å². The van der Waals surface area contributed by atoms with Crippen LogP contribution in [-0.4, -0.2) is 31.0 Å². The fourth-order valence-electron chi connectivity index (χ4n) is 3.75. The second-order valence-corrected chi connectivity index (χ2v) is 9.10. The molecule has 0 spiro atoms. The van der Waals surface area contributed by atoms with E-state index in [9.17, 15) is 4.79 Å². The van der Waals surface area contributed by atoms with Gasteiger partial charge in [0.15, 0.2) is 11.5 Å². The number of amides is 1. The van der Waals surface area contributed by atoms with Gasteiger partial charge in [-0.05, 0) is 48.5 Å². The lowest BCUT2D eigenvalue weighted by Crippen LogP contribution is -2.25. The Kier molecular flexibility index (Phi) is 6.23. The van der Waals surface area contributed by atoms with Crippen molar-refractivity contribution in [3.8, 4) is 23.0 Å². The van der Waals surface area contributed by atoms with Gasteiger partial charge in [0.25, 0.3) is 5.90 Å². The summed E-state index contributed by atoms with van der Waals surface area (Å²) in [7, 11) is 3.11. The van der Waals surface area contributed by atoms with Gasteiger partial charge >= 0.3 is 0 Å². The molecule has 178 valence electrons. The minimum Gasteiger partial charge on any atom is -0.493 e. The molecule has 5 rings (SSSR count). The Hall–Kier alpha value is -3.75. The van der Waals surface area contributed by atoms with Crippen molar-refractivity contribution in [2.75, 3.05) is 14.2 Å². The van der Waals surface area contributed by atoms with E-state index in [2.05, 4.69) is 5.10 Å². The molecule has 0 bridgehead atoms. The second kappa shape index (κ2) is 9.48. The first-order valence-corrected chi connectivity index (χ1v) is 11.9. The number of thiophene rings is 1. The van der Waals surface area contributed by atoms with Gasteiger partial charge in [0, 0.05) is 22.6 Å². The van der Waals surface area contributed by atoms with Gasteiger partial charge in [-0.1, -0.05) is 29.8 Å². The molecule has 0 aliphatic carbocycles. The van der Waals surface area contributed by atoms with Crippen LogP contribution in [0.15, 0.2) is 71.8 Å². The van der Waals surface area contributed by atoms with E-state index in [1.54, 1.807) is 32.4 Å². The van der Waals surface area contributed by atoms with E-state index >= 15 is 0 Å². The molecule has 2 heterocycles. The number of carbonyl (C=O) groups is 1. The van der Waals surface area contributed by atoms with E-state index in [0.29, 0.717) is 32.7 Å². The molecule has 1 unspecified atom stereocenters. The number of nitrogens with zero attached hydrogens (tertiary/aromatic N) is 2. The smallest absolute Gasteiger partial charge is 0.252 e. The summed E-state index contributed by atoms with van der Waals surface area (Å²) < 4.78 is 23.8. The Bertz CT molecular complexity index is 1440. The molecule has 9 heteroatoms. The molecule has 0 saturated carbocycles. The first-order chi connectivity index (χ1) is 17.0. The van der Waals surface area contributed by atoms with Crippen molar-refractivity contribution in [3.63, 3.8) is 0 Å². The zero-order valence-electron chi connectivity index (χ0n) is 19.2. The molecule has 1 aliphatic heterocycles. The Labute approximate surface area is 211 Å². The molecule has 0 fully saturated rings. The number of benzene rings is 3. The first kappa shape index (κ1) is 23.0. The lowest BCUT2D eigenvalue weighted by atomic mass is 10.1. The van der Waals surface area contributed by atoms with Crippen LogP contribution >= 0.6 is 22.9 Å². The lowest BCUT2D eigenvalue weighted by Gasteiger charge is -2.20. The second-order valence-electron chi connectivity index (χ2n) is 7.67. The van der Waals surface area contributed by atoms with E-state index in [-0.39, 0.29) is 11.8 Å². The van der Waals surface area contributed by atoms with Crippen LogP contribution in [-0.2, 0) is 9.53 Å². The minimum absolute atomic E-state index is 0.268. The summed E-state index contributed by atoms with van der Waals surface area (Å²) in [5, 5.41) is 7.05. The monoisotopic (exact) mass is 508 g/mol. The highest BCUT2D eigenvalue weighted by molar-refractivity contribution is 7.21. The number of carbonyl (C=O) groups excluding carboxylic acids is 1. The largest absolute Gasteiger partial charge is 0.493 e. The van der Waals surface area contributed by atoms with Crippen molar-refractivity contribution in [1.29, 1.82) is 0 Å². The fraction of sp³-hybridized carbons (Fsp3) is 0.154. The van der Waals surface area contributed by atoms with Crippen LogP contribution in [0.1, 0.15) is 23.6 Å². The van der Waals surface area contributed by atoms with Gasteiger partial charge in [-0.2, -0.15) is 5.01 Å². The molecule has 4 aromatic rings. The van der Waals surface area contributed by atoms with Gasteiger partial charge in [0.1, 0.15) is 16.4 Å². The molecule has 35 heavy (non-hydrogen) atoms. The molecule has 3 aromatic carbocycles. The van der Waals surface area contributed by atoms with Crippen molar-refractivity contribution < 1.29 is 23.7 Å². The summed E-state index contributed by atoms with van der Waals surface area (Å²) in [4.78, 5) is 13.0. The zero-order chi connectivity index (χ0) is 24.5. The first-order valence-electron chi connectivity index (χ1n) is 10.7. The van der Waals surface area contributed by atoms with Crippen LogP contribution in [0.3, 0.4) is 0 Å². The highest BCUT2D eigenvalue weighted by Gasteiger charge is 2.35. The SMILES string of the molecule is COc1ccc(C2OC(c3sc4ccc(Oc5ccccc5)cc4c3Cl)=NN2C(C)=O)cc1OC. The quantitative estimate of drug-likeness (QED) is 0.293. The fourth-order valence-corrected chi connectivity index (χ4v) is 5.16. The van der Waals surface area contributed by atoms with Crippen LogP contribution in [0, 0.1) is 0 Å². The number of ether oxygens (including phenoxy) is 4. The number of hydrogen-bond acceptors (Lipinski definition) is 7. The molecule has 0 N–H and O–H groups in total. The van der Waals surface area contributed by atoms with Gasteiger partial charge in [0.2, 0.25) is 12.1 Å². The van der Waals surface area contributed by atoms with Gasteiger partial charge in [0.05, 0.1) is 19.2 Å². The third-order valence-electron chi connectivity index (χ3n) is 5.43. The van der Waals surface area contributed by atoms with Crippen LogP contribution in [0.2, 0.25) is 5.02 Å². The summed E-state index contributed by atoms with van der Waals surface area (Å²) in [6.07, 6.45) is -0.763. The zero-order valence-corrected chi connectivity index (χ0v) is 20.7. The van der Waals surface area contributed by atoms with E-state index in [4.69, 9.17) is 30.5 Å². The standard InChI is InChI=1S/C26H21ClN2O5S/c1-15(30)29-26(16-9-11-20(31-2)21(13-16)32-3)34-25(28-29)24-23(27)19-14-18(10-12-22(19)35-24)33-17-7-5-4-6-8-17/h4-14,26H,1-3H3. The molecule has 7 nitrogen and oxygen atoms in total. The molecule has 0 saturated heterocycles. The third-order valence-corrected chi connectivity index (χ3v) is 7.09. The number of hydrazone groups is 1. The van der Waals surface area contributed by atoms with E-state index in [0.717, 1.165) is 15.8 Å². The predicted octanol–water partition coefficient (Wildman–Crippen LogP) is 6.60. The maximum Gasteiger partial charge on any atom is 0.252 e.